The van der Waals surface area contributed by atoms with Crippen molar-refractivity contribution in [1.29, 1.82) is 0 Å². The van der Waals surface area contributed by atoms with Crippen LogP contribution >= 0.6 is 35.7 Å². The number of benzene rings is 1. The van der Waals surface area contributed by atoms with E-state index in [-0.39, 0.29) is 24.0 Å². The fourth-order valence-corrected chi connectivity index (χ4v) is 3.93. The number of nitrogens with zero attached hydrogens (tertiary/aromatic N) is 2. The van der Waals surface area contributed by atoms with E-state index in [9.17, 15) is 0 Å². The second-order valence-electron chi connectivity index (χ2n) is 6.65. The van der Waals surface area contributed by atoms with E-state index >= 15 is 0 Å². The molecule has 0 bridgehead atoms. The van der Waals surface area contributed by atoms with Crippen LogP contribution in [0.1, 0.15) is 32.6 Å². The molecule has 1 saturated heterocycles. The van der Waals surface area contributed by atoms with Gasteiger partial charge in [0, 0.05) is 51.4 Å². The number of halogens is 1. The molecule has 0 spiro atoms. The number of rotatable bonds is 11. The molecule has 160 valence electrons. The number of guanidine groups is 1. The van der Waals surface area contributed by atoms with Gasteiger partial charge >= 0.3 is 0 Å². The molecule has 0 aliphatic carbocycles. The van der Waals surface area contributed by atoms with Gasteiger partial charge < -0.3 is 19.7 Å². The van der Waals surface area contributed by atoms with Gasteiger partial charge in [0.25, 0.3) is 0 Å². The summed E-state index contributed by atoms with van der Waals surface area (Å²) < 4.78 is 11.0. The molecule has 1 aromatic rings. The first-order valence-corrected chi connectivity index (χ1v) is 11.1. The highest BCUT2D eigenvalue weighted by molar-refractivity contribution is 14.0. The summed E-state index contributed by atoms with van der Waals surface area (Å²) in [6.45, 7) is 7.51. The van der Waals surface area contributed by atoms with Crippen LogP contribution in [0.25, 0.3) is 0 Å². The third kappa shape index (κ3) is 10.3. The number of aliphatic imine (C=N–C) groups is 1. The van der Waals surface area contributed by atoms with Crippen LogP contribution in [-0.4, -0.2) is 69.2 Å². The van der Waals surface area contributed by atoms with E-state index in [1.807, 2.05) is 11.8 Å². The van der Waals surface area contributed by atoms with E-state index in [1.54, 1.807) is 7.11 Å². The summed E-state index contributed by atoms with van der Waals surface area (Å²) in [5.74, 6) is 2.16. The lowest BCUT2D eigenvalue weighted by Crippen LogP contribution is -2.47. The summed E-state index contributed by atoms with van der Waals surface area (Å²) in [7, 11) is 1.74. The summed E-state index contributed by atoms with van der Waals surface area (Å²) in [5.41, 5.74) is 0. The number of ether oxygens (including phenoxy) is 2. The van der Waals surface area contributed by atoms with Crippen molar-refractivity contribution in [2.45, 2.75) is 43.6 Å². The third-order valence-corrected chi connectivity index (χ3v) is 5.60. The molecular formula is C21H36IN3O2S. The van der Waals surface area contributed by atoms with Crippen LogP contribution in [0.5, 0.6) is 0 Å². The van der Waals surface area contributed by atoms with Crippen LogP contribution in [0.3, 0.4) is 0 Å². The molecule has 2 rings (SSSR count). The van der Waals surface area contributed by atoms with Gasteiger partial charge in [-0.1, -0.05) is 18.2 Å². The van der Waals surface area contributed by atoms with E-state index in [0.717, 1.165) is 76.8 Å². The van der Waals surface area contributed by atoms with E-state index in [2.05, 4.69) is 47.5 Å². The van der Waals surface area contributed by atoms with Crippen molar-refractivity contribution in [3.8, 4) is 0 Å². The van der Waals surface area contributed by atoms with Gasteiger partial charge in [0.05, 0.1) is 6.10 Å². The Hall–Kier alpha value is -0.510. The van der Waals surface area contributed by atoms with Crippen molar-refractivity contribution < 1.29 is 9.47 Å². The second kappa shape index (κ2) is 16.3. The highest BCUT2D eigenvalue weighted by Crippen LogP contribution is 2.18. The minimum absolute atomic E-state index is 0. The van der Waals surface area contributed by atoms with Gasteiger partial charge in [-0.15, -0.1) is 35.7 Å². The Labute approximate surface area is 192 Å². The maximum atomic E-state index is 5.96. The predicted molar refractivity (Wildman–Crippen MR) is 130 cm³/mol. The van der Waals surface area contributed by atoms with Gasteiger partial charge in [-0.05, 0) is 50.5 Å². The van der Waals surface area contributed by atoms with Gasteiger partial charge in [0.1, 0.15) is 0 Å². The Morgan fingerprint density at radius 1 is 1.18 bits per heavy atom. The Morgan fingerprint density at radius 2 is 1.93 bits per heavy atom. The fourth-order valence-electron chi connectivity index (χ4n) is 3.07. The maximum absolute atomic E-state index is 5.96. The predicted octanol–water partition coefficient (Wildman–Crippen LogP) is 4.27. The first-order valence-electron chi connectivity index (χ1n) is 10.1. The molecule has 1 heterocycles. The molecule has 0 aromatic heterocycles. The van der Waals surface area contributed by atoms with Crippen molar-refractivity contribution in [2.24, 2.45) is 4.99 Å². The van der Waals surface area contributed by atoms with E-state index in [0.29, 0.717) is 6.10 Å². The lowest BCUT2D eigenvalue weighted by molar-refractivity contribution is 0.00991. The molecule has 0 saturated carbocycles. The smallest absolute Gasteiger partial charge is 0.193 e. The Balaban J connectivity index is 0.00000392. The number of methoxy groups -OCH3 is 1. The number of thioether (sulfide) groups is 1. The van der Waals surface area contributed by atoms with Crippen LogP contribution in [0.4, 0.5) is 0 Å². The molecular weight excluding hydrogens is 485 g/mol. The Morgan fingerprint density at radius 3 is 2.61 bits per heavy atom. The second-order valence-corrected chi connectivity index (χ2v) is 7.82. The van der Waals surface area contributed by atoms with Gasteiger partial charge in [0.15, 0.2) is 5.96 Å². The maximum Gasteiger partial charge on any atom is 0.193 e. The highest BCUT2D eigenvalue weighted by Gasteiger charge is 2.21. The number of hydrogen-bond acceptors (Lipinski definition) is 4. The topological polar surface area (TPSA) is 46.1 Å². The summed E-state index contributed by atoms with van der Waals surface area (Å²) in [6.07, 6.45) is 4.58. The monoisotopic (exact) mass is 521 g/mol. The highest BCUT2D eigenvalue weighted by atomic mass is 127. The third-order valence-electron chi connectivity index (χ3n) is 4.50. The zero-order valence-corrected chi connectivity index (χ0v) is 20.4. The van der Waals surface area contributed by atoms with Crippen molar-refractivity contribution in [1.82, 2.24) is 10.2 Å². The van der Waals surface area contributed by atoms with Crippen molar-refractivity contribution in [3.63, 3.8) is 0 Å². The molecule has 0 atom stereocenters. The molecule has 1 fully saturated rings. The van der Waals surface area contributed by atoms with Crippen LogP contribution in [-0.2, 0) is 9.47 Å². The van der Waals surface area contributed by atoms with Crippen LogP contribution in [0, 0.1) is 0 Å². The summed E-state index contributed by atoms with van der Waals surface area (Å²) in [6, 6.07) is 10.6. The first-order chi connectivity index (χ1) is 13.3. The molecule has 1 aromatic carbocycles. The van der Waals surface area contributed by atoms with Crippen molar-refractivity contribution in [2.75, 3.05) is 52.3 Å². The number of nitrogens with one attached hydrogen (secondary N) is 1. The van der Waals surface area contributed by atoms with Crippen molar-refractivity contribution >= 4 is 41.7 Å². The number of likely N-dealkylation sites (tertiary alicyclic amines) is 1. The first kappa shape index (κ1) is 25.5. The van der Waals surface area contributed by atoms with E-state index in [4.69, 9.17) is 14.5 Å². The zero-order chi connectivity index (χ0) is 19.2. The van der Waals surface area contributed by atoms with E-state index in [1.165, 1.54) is 4.90 Å². The SMILES string of the molecule is CCNC(=NCCCSc1ccccc1)N1CCC(OCCCOC)CC1.I. The normalized spacial score (nSPS) is 15.4. The largest absolute Gasteiger partial charge is 0.385 e. The van der Waals surface area contributed by atoms with Gasteiger partial charge in [-0.25, -0.2) is 0 Å². The summed E-state index contributed by atoms with van der Waals surface area (Å²) in [4.78, 5) is 8.55. The molecule has 28 heavy (non-hydrogen) atoms. The fraction of sp³-hybridized carbons (Fsp3) is 0.667. The van der Waals surface area contributed by atoms with E-state index < -0.39 is 0 Å². The molecule has 0 amide bonds. The minimum atomic E-state index is 0. The molecule has 0 unspecified atom stereocenters. The standard InChI is InChI=1S/C21H35N3O2S.HI/c1-3-22-21(23-13-7-18-27-20-9-5-4-6-10-20)24-14-11-19(12-15-24)26-17-8-16-25-2;/h4-6,9-10,19H,3,7-8,11-18H2,1-2H3,(H,22,23);1H. The summed E-state index contributed by atoms with van der Waals surface area (Å²) in [5, 5.41) is 3.45. The van der Waals surface area contributed by atoms with Crippen LogP contribution < -0.4 is 5.32 Å². The average molecular weight is 522 g/mol. The Bertz CT molecular complexity index is 526. The lowest BCUT2D eigenvalue weighted by Gasteiger charge is -2.34. The van der Waals surface area contributed by atoms with Gasteiger partial charge in [-0.3, -0.25) is 4.99 Å². The minimum Gasteiger partial charge on any atom is -0.385 e. The summed E-state index contributed by atoms with van der Waals surface area (Å²) >= 11 is 1.90. The molecule has 1 N–H and O–H groups in total. The molecule has 7 heteroatoms. The van der Waals surface area contributed by atoms with Crippen LogP contribution in [0.15, 0.2) is 40.2 Å². The van der Waals surface area contributed by atoms with Crippen molar-refractivity contribution in [3.05, 3.63) is 30.3 Å². The zero-order valence-electron chi connectivity index (χ0n) is 17.3. The molecule has 1 aliphatic rings. The average Bonchev–Trinajstić information content (AvgIpc) is 2.71. The van der Waals surface area contributed by atoms with Gasteiger partial charge in [0.2, 0.25) is 0 Å². The number of piperidine rings is 1. The lowest BCUT2D eigenvalue weighted by atomic mass is 10.1. The quantitative estimate of drug-likeness (QED) is 0.155. The molecule has 0 radical (unpaired) electrons. The van der Waals surface area contributed by atoms with Gasteiger partial charge in [-0.2, -0.15) is 0 Å². The Kier molecular flexibility index (Phi) is 14.9. The van der Waals surface area contributed by atoms with Crippen LogP contribution in [0.2, 0.25) is 0 Å². The number of hydrogen-bond donors (Lipinski definition) is 1. The molecule has 5 nitrogen and oxygen atoms in total. The molecule has 1 aliphatic heterocycles.